The zero-order valence-electron chi connectivity index (χ0n) is 10.6. The zero-order valence-corrected chi connectivity index (χ0v) is 11.5. The summed E-state index contributed by atoms with van der Waals surface area (Å²) >= 11 is 1.49. The van der Waals surface area contributed by atoms with Gasteiger partial charge in [-0.15, -0.1) is 11.8 Å². The second-order valence-electron chi connectivity index (χ2n) is 3.88. The number of ether oxygens (including phenoxy) is 1. The molecule has 0 saturated heterocycles. The van der Waals surface area contributed by atoms with Crippen molar-refractivity contribution in [1.29, 1.82) is 0 Å². The molecule has 0 heterocycles. The lowest BCUT2D eigenvalue weighted by atomic mass is 10.0. The molecule has 0 bridgehead atoms. The number of hydrogen-bond donors (Lipinski definition) is 0. The van der Waals surface area contributed by atoms with E-state index in [0.29, 0.717) is 11.1 Å². The number of rotatable bonds is 4. The van der Waals surface area contributed by atoms with Gasteiger partial charge in [0.2, 0.25) is 0 Å². The molecule has 0 spiro atoms. The Labute approximate surface area is 115 Å². The van der Waals surface area contributed by atoms with Crippen LogP contribution in [0.4, 0.5) is 4.39 Å². The molecular weight excluding hydrogens is 263 g/mol. The van der Waals surface area contributed by atoms with Crippen LogP contribution in [-0.4, -0.2) is 19.1 Å². The molecule has 0 unspecified atom stereocenters. The SMILES string of the molecule is COc1ccc(C(=O)c2ccccc2SC)cc1F. The van der Waals surface area contributed by atoms with Crippen molar-refractivity contribution in [3.63, 3.8) is 0 Å². The highest BCUT2D eigenvalue weighted by atomic mass is 32.2. The van der Waals surface area contributed by atoms with Crippen LogP contribution in [0.1, 0.15) is 15.9 Å². The second-order valence-corrected chi connectivity index (χ2v) is 4.73. The first kappa shape index (κ1) is 13.6. The van der Waals surface area contributed by atoms with Gasteiger partial charge in [0.05, 0.1) is 7.11 Å². The van der Waals surface area contributed by atoms with Gasteiger partial charge in [-0.2, -0.15) is 0 Å². The molecule has 0 aliphatic heterocycles. The first-order chi connectivity index (χ1) is 9.17. The number of carbonyl (C=O) groups excluding carboxylic acids is 1. The summed E-state index contributed by atoms with van der Waals surface area (Å²) in [5, 5.41) is 0. The van der Waals surface area contributed by atoms with Crippen molar-refractivity contribution in [2.75, 3.05) is 13.4 Å². The van der Waals surface area contributed by atoms with E-state index in [-0.39, 0.29) is 11.5 Å². The summed E-state index contributed by atoms with van der Waals surface area (Å²) in [6, 6.07) is 11.5. The summed E-state index contributed by atoms with van der Waals surface area (Å²) in [6.45, 7) is 0. The maximum absolute atomic E-state index is 13.6. The van der Waals surface area contributed by atoms with Gasteiger partial charge in [0.25, 0.3) is 0 Å². The van der Waals surface area contributed by atoms with Crippen LogP contribution in [0.5, 0.6) is 5.75 Å². The van der Waals surface area contributed by atoms with E-state index in [1.54, 1.807) is 18.2 Å². The smallest absolute Gasteiger partial charge is 0.194 e. The molecule has 2 aromatic rings. The molecule has 2 rings (SSSR count). The van der Waals surface area contributed by atoms with E-state index in [4.69, 9.17) is 4.74 Å². The van der Waals surface area contributed by atoms with Gasteiger partial charge in [-0.05, 0) is 36.6 Å². The molecule has 2 aromatic carbocycles. The molecule has 0 fully saturated rings. The van der Waals surface area contributed by atoms with Crippen LogP contribution in [0.3, 0.4) is 0 Å². The van der Waals surface area contributed by atoms with Gasteiger partial charge in [-0.1, -0.05) is 12.1 Å². The van der Waals surface area contributed by atoms with Crippen molar-refractivity contribution in [3.8, 4) is 5.75 Å². The molecule has 98 valence electrons. The van der Waals surface area contributed by atoms with Gasteiger partial charge in [0, 0.05) is 16.0 Å². The molecule has 0 amide bonds. The fraction of sp³-hybridized carbons (Fsp3) is 0.133. The van der Waals surface area contributed by atoms with E-state index in [1.807, 2.05) is 18.4 Å². The monoisotopic (exact) mass is 276 g/mol. The lowest BCUT2D eigenvalue weighted by molar-refractivity contribution is 0.103. The molecule has 0 N–H and O–H groups in total. The maximum Gasteiger partial charge on any atom is 0.194 e. The minimum absolute atomic E-state index is 0.134. The van der Waals surface area contributed by atoms with Crippen LogP contribution in [0.25, 0.3) is 0 Å². The second kappa shape index (κ2) is 5.89. The van der Waals surface area contributed by atoms with Crippen LogP contribution in [-0.2, 0) is 0 Å². The molecule has 0 saturated carbocycles. The number of benzene rings is 2. The Morgan fingerprint density at radius 2 is 1.95 bits per heavy atom. The highest BCUT2D eigenvalue weighted by molar-refractivity contribution is 7.98. The number of ketones is 1. The van der Waals surface area contributed by atoms with E-state index in [1.165, 1.54) is 31.0 Å². The zero-order chi connectivity index (χ0) is 13.8. The maximum atomic E-state index is 13.6. The van der Waals surface area contributed by atoms with Crippen LogP contribution in [0, 0.1) is 5.82 Å². The molecule has 0 aromatic heterocycles. The van der Waals surface area contributed by atoms with E-state index >= 15 is 0 Å². The van der Waals surface area contributed by atoms with Crippen molar-refractivity contribution in [2.24, 2.45) is 0 Å². The Hall–Kier alpha value is -1.81. The topological polar surface area (TPSA) is 26.3 Å². The molecule has 0 radical (unpaired) electrons. The highest BCUT2D eigenvalue weighted by Gasteiger charge is 2.14. The first-order valence-electron chi connectivity index (χ1n) is 5.68. The van der Waals surface area contributed by atoms with Crippen molar-refractivity contribution < 1.29 is 13.9 Å². The third-order valence-corrected chi connectivity index (χ3v) is 3.56. The first-order valence-corrected chi connectivity index (χ1v) is 6.91. The lowest BCUT2D eigenvalue weighted by Crippen LogP contribution is -2.04. The van der Waals surface area contributed by atoms with E-state index in [2.05, 4.69) is 0 Å². The van der Waals surface area contributed by atoms with E-state index in [0.717, 1.165) is 4.90 Å². The van der Waals surface area contributed by atoms with Crippen LogP contribution < -0.4 is 4.74 Å². The fourth-order valence-electron chi connectivity index (χ4n) is 1.80. The summed E-state index contributed by atoms with van der Waals surface area (Å²) in [6.07, 6.45) is 1.90. The predicted octanol–water partition coefficient (Wildman–Crippen LogP) is 3.79. The Bertz CT molecular complexity index is 611. The van der Waals surface area contributed by atoms with Gasteiger partial charge in [-0.3, -0.25) is 4.79 Å². The molecule has 0 aliphatic rings. The Kier molecular flexibility index (Phi) is 4.22. The minimum Gasteiger partial charge on any atom is -0.494 e. The van der Waals surface area contributed by atoms with Crippen molar-refractivity contribution >= 4 is 17.5 Å². The largest absolute Gasteiger partial charge is 0.494 e. The Balaban J connectivity index is 2.41. The normalized spacial score (nSPS) is 10.3. The van der Waals surface area contributed by atoms with Gasteiger partial charge in [0.1, 0.15) is 0 Å². The molecule has 4 heteroatoms. The lowest BCUT2D eigenvalue weighted by Gasteiger charge is -2.07. The van der Waals surface area contributed by atoms with Crippen molar-refractivity contribution in [3.05, 3.63) is 59.4 Å². The van der Waals surface area contributed by atoms with Crippen LogP contribution in [0.15, 0.2) is 47.4 Å². The van der Waals surface area contributed by atoms with Crippen LogP contribution in [0.2, 0.25) is 0 Å². The Morgan fingerprint density at radius 3 is 2.58 bits per heavy atom. The summed E-state index contributed by atoms with van der Waals surface area (Å²) in [5.74, 6) is -0.587. The molecule has 0 atom stereocenters. The predicted molar refractivity (Wildman–Crippen MR) is 74.6 cm³/mol. The Morgan fingerprint density at radius 1 is 1.21 bits per heavy atom. The highest BCUT2D eigenvalue weighted by Crippen LogP contribution is 2.24. The number of hydrogen-bond acceptors (Lipinski definition) is 3. The standard InChI is InChI=1S/C15H13FO2S/c1-18-13-8-7-10(9-12(13)16)15(17)11-5-3-4-6-14(11)19-2/h3-9H,1-2H3. The quantitative estimate of drug-likeness (QED) is 0.628. The third kappa shape index (κ3) is 2.79. The van der Waals surface area contributed by atoms with E-state index < -0.39 is 5.82 Å². The minimum atomic E-state index is -0.532. The summed E-state index contributed by atoms with van der Waals surface area (Å²) in [4.78, 5) is 13.2. The number of thioether (sulfide) groups is 1. The fourth-order valence-corrected chi connectivity index (χ4v) is 2.39. The number of methoxy groups -OCH3 is 1. The van der Waals surface area contributed by atoms with Crippen LogP contribution >= 0.6 is 11.8 Å². The summed E-state index contributed by atoms with van der Waals surface area (Å²) in [7, 11) is 1.39. The molecule has 19 heavy (non-hydrogen) atoms. The van der Waals surface area contributed by atoms with Crippen molar-refractivity contribution in [1.82, 2.24) is 0 Å². The van der Waals surface area contributed by atoms with Gasteiger partial charge >= 0.3 is 0 Å². The third-order valence-electron chi connectivity index (χ3n) is 2.77. The average molecular weight is 276 g/mol. The molecule has 2 nitrogen and oxygen atoms in total. The number of carbonyl (C=O) groups is 1. The summed E-state index contributed by atoms with van der Waals surface area (Å²) < 4.78 is 18.5. The van der Waals surface area contributed by atoms with Crippen molar-refractivity contribution in [2.45, 2.75) is 4.90 Å². The number of halogens is 1. The van der Waals surface area contributed by atoms with E-state index in [9.17, 15) is 9.18 Å². The van der Waals surface area contributed by atoms with Gasteiger partial charge in [0.15, 0.2) is 17.3 Å². The van der Waals surface area contributed by atoms with Gasteiger partial charge < -0.3 is 4.74 Å². The van der Waals surface area contributed by atoms with Gasteiger partial charge in [-0.25, -0.2) is 4.39 Å². The molecular formula is C15H13FO2S. The average Bonchev–Trinajstić information content (AvgIpc) is 2.46. The summed E-state index contributed by atoms with van der Waals surface area (Å²) in [5.41, 5.74) is 0.902. The molecule has 0 aliphatic carbocycles.